The Labute approximate surface area is 144 Å². The maximum Gasteiger partial charge on any atom is 0.337 e. The molecule has 1 aliphatic heterocycles. The van der Waals surface area contributed by atoms with Crippen LogP contribution in [0.15, 0.2) is 23.0 Å². The molecule has 4 rings (SSSR count). The van der Waals surface area contributed by atoms with Gasteiger partial charge in [-0.05, 0) is 6.92 Å². The molecular weight excluding hydrogens is 332 g/mol. The summed E-state index contributed by atoms with van der Waals surface area (Å²) in [6.45, 7) is 1.63. The van der Waals surface area contributed by atoms with Gasteiger partial charge in [-0.25, -0.2) is 9.59 Å². The van der Waals surface area contributed by atoms with E-state index >= 15 is 0 Å². The number of hydrogen-bond acceptors (Lipinski definition) is 8. The van der Waals surface area contributed by atoms with Crippen LogP contribution in [-0.4, -0.2) is 58.1 Å². The molecule has 0 N–H and O–H groups in total. The van der Waals surface area contributed by atoms with E-state index in [0.29, 0.717) is 5.76 Å². The first-order chi connectivity index (χ1) is 11.9. The average Bonchev–Trinajstić information content (AvgIpc) is 2.98. The molecule has 0 aromatic carbocycles. The van der Waals surface area contributed by atoms with Crippen molar-refractivity contribution in [3.05, 3.63) is 23.0 Å². The van der Waals surface area contributed by atoms with Crippen molar-refractivity contribution in [2.75, 3.05) is 28.4 Å². The van der Waals surface area contributed by atoms with Crippen molar-refractivity contribution in [1.29, 1.82) is 0 Å². The predicted octanol–water partition coefficient (Wildman–Crippen LogP) is 0.366. The van der Waals surface area contributed by atoms with Gasteiger partial charge in [-0.1, -0.05) is 6.08 Å². The van der Waals surface area contributed by atoms with Gasteiger partial charge in [-0.3, -0.25) is 4.79 Å². The summed E-state index contributed by atoms with van der Waals surface area (Å²) in [4.78, 5) is 37.6. The van der Waals surface area contributed by atoms with Crippen LogP contribution in [0.5, 0.6) is 0 Å². The Morgan fingerprint density at radius 2 is 1.68 bits per heavy atom. The smallest absolute Gasteiger partial charge is 0.337 e. The van der Waals surface area contributed by atoms with Crippen LogP contribution in [0.3, 0.4) is 0 Å². The summed E-state index contributed by atoms with van der Waals surface area (Å²) in [5.74, 6) is -5.20. The van der Waals surface area contributed by atoms with Gasteiger partial charge in [0.25, 0.3) is 0 Å². The maximum atomic E-state index is 13.2. The summed E-state index contributed by atoms with van der Waals surface area (Å²) in [7, 11) is 5.21. The van der Waals surface area contributed by atoms with E-state index in [1.54, 1.807) is 13.0 Å². The topological polar surface area (TPSA) is 97.4 Å². The molecule has 0 aromatic heterocycles. The Morgan fingerprint density at radius 1 is 1.08 bits per heavy atom. The SMILES string of the molecule is COC(=O)C1=C[C@H]2[C@H]3OC(C)=C(C(=O)OC)[C@H]3[C@@H]1C(=O)C2(OC)OC. The highest BCUT2D eigenvalue weighted by atomic mass is 16.7. The molecule has 0 aromatic rings. The average molecular weight is 352 g/mol. The van der Waals surface area contributed by atoms with Gasteiger partial charge in [-0.15, -0.1) is 0 Å². The lowest BCUT2D eigenvalue weighted by atomic mass is 9.58. The van der Waals surface area contributed by atoms with Gasteiger partial charge in [-0.2, -0.15) is 0 Å². The first-order valence-electron chi connectivity index (χ1n) is 7.78. The Balaban J connectivity index is 2.18. The number of ether oxygens (including phenoxy) is 5. The number of esters is 2. The van der Waals surface area contributed by atoms with E-state index in [-0.39, 0.29) is 11.1 Å². The van der Waals surface area contributed by atoms with Crippen LogP contribution in [0.25, 0.3) is 0 Å². The number of rotatable bonds is 4. The van der Waals surface area contributed by atoms with E-state index in [1.807, 2.05) is 0 Å². The number of carbonyl (C=O) groups excluding carboxylic acids is 3. The predicted molar refractivity (Wildman–Crippen MR) is 81.9 cm³/mol. The molecule has 0 amide bonds. The number of ketones is 1. The van der Waals surface area contributed by atoms with Gasteiger partial charge >= 0.3 is 11.9 Å². The lowest BCUT2D eigenvalue weighted by Gasteiger charge is -2.51. The van der Waals surface area contributed by atoms with E-state index in [2.05, 4.69) is 0 Å². The zero-order valence-electron chi connectivity index (χ0n) is 14.7. The molecule has 25 heavy (non-hydrogen) atoms. The molecule has 2 bridgehead atoms. The Morgan fingerprint density at radius 3 is 2.20 bits per heavy atom. The van der Waals surface area contributed by atoms with Gasteiger partial charge in [0.05, 0.1) is 31.6 Å². The zero-order valence-corrected chi connectivity index (χ0v) is 14.7. The van der Waals surface area contributed by atoms with E-state index in [1.165, 1.54) is 28.4 Å². The maximum absolute atomic E-state index is 13.2. The van der Waals surface area contributed by atoms with Crippen molar-refractivity contribution >= 4 is 17.7 Å². The molecule has 4 atom stereocenters. The summed E-state index contributed by atoms with van der Waals surface area (Å²) in [5, 5.41) is 0. The molecule has 1 fully saturated rings. The van der Waals surface area contributed by atoms with Crippen molar-refractivity contribution < 1.29 is 38.1 Å². The second kappa shape index (κ2) is 5.96. The number of allylic oxidation sites excluding steroid dienone is 1. The number of methoxy groups -OCH3 is 4. The lowest BCUT2D eigenvalue weighted by molar-refractivity contribution is -0.254. The van der Waals surface area contributed by atoms with Crippen molar-refractivity contribution in [1.82, 2.24) is 0 Å². The minimum atomic E-state index is -1.57. The monoisotopic (exact) mass is 352 g/mol. The summed E-state index contributed by atoms with van der Waals surface area (Å²) in [6.07, 6.45) is 1.02. The van der Waals surface area contributed by atoms with Crippen molar-refractivity contribution in [3.63, 3.8) is 0 Å². The van der Waals surface area contributed by atoms with Gasteiger partial charge in [0, 0.05) is 25.7 Å². The van der Waals surface area contributed by atoms with Crippen LogP contribution in [0.2, 0.25) is 0 Å². The molecule has 1 saturated carbocycles. The normalized spacial score (nSPS) is 32.0. The number of fused-ring (bicyclic) bond motifs is 1. The van der Waals surface area contributed by atoms with Crippen molar-refractivity contribution in [3.8, 4) is 0 Å². The van der Waals surface area contributed by atoms with Crippen molar-refractivity contribution in [2.24, 2.45) is 17.8 Å². The Kier molecular flexibility index (Phi) is 4.20. The molecule has 0 saturated heterocycles. The number of hydrogen-bond donors (Lipinski definition) is 0. The molecule has 8 heteroatoms. The quantitative estimate of drug-likeness (QED) is 0.529. The molecule has 4 aliphatic rings. The van der Waals surface area contributed by atoms with E-state index in [4.69, 9.17) is 23.7 Å². The van der Waals surface area contributed by atoms with Crippen LogP contribution in [0.1, 0.15) is 6.92 Å². The number of carbonyl (C=O) groups is 3. The van der Waals surface area contributed by atoms with Gasteiger partial charge in [0.1, 0.15) is 11.9 Å². The molecule has 0 unspecified atom stereocenters. The molecular formula is C17H20O8. The fourth-order valence-corrected chi connectivity index (χ4v) is 4.25. The van der Waals surface area contributed by atoms with Gasteiger partial charge in [0.2, 0.25) is 11.6 Å². The third kappa shape index (κ3) is 2.10. The Hall–Kier alpha value is -2.19. The fourth-order valence-electron chi connectivity index (χ4n) is 4.25. The van der Waals surface area contributed by atoms with E-state index in [9.17, 15) is 14.4 Å². The minimum Gasteiger partial charge on any atom is -0.493 e. The van der Waals surface area contributed by atoms with Gasteiger partial charge in [0.15, 0.2) is 0 Å². The second-order valence-electron chi connectivity index (χ2n) is 6.13. The standard InChI is InChI=1S/C17H20O8/c1-7-10(16(20)22-3)12-11-8(15(19)21-2)6-9(13(12)25-7)17(23-4,24-5)14(11)18/h6,9,11-13H,1-5H3/t9-,11+,12-,13+/m0/s1. The fraction of sp³-hybridized carbons (Fsp3) is 0.588. The van der Waals surface area contributed by atoms with Gasteiger partial charge < -0.3 is 23.7 Å². The molecule has 8 nitrogen and oxygen atoms in total. The highest BCUT2D eigenvalue weighted by molar-refractivity contribution is 6.05. The number of Topliss-reactive ketones (excluding diaryl/α,β-unsaturated/α-hetero) is 1. The molecule has 136 valence electrons. The first-order valence-corrected chi connectivity index (χ1v) is 7.78. The summed E-state index contributed by atoms with van der Waals surface area (Å²) in [5.41, 5.74) is 0.439. The van der Waals surface area contributed by atoms with E-state index < -0.39 is 47.4 Å². The molecule has 3 aliphatic carbocycles. The third-order valence-corrected chi connectivity index (χ3v) is 5.28. The highest BCUT2D eigenvalue weighted by Gasteiger charge is 2.68. The molecule has 0 radical (unpaired) electrons. The van der Waals surface area contributed by atoms with Crippen molar-refractivity contribution in [2.45, 2.75) is 18.8 Å². The highest BCUT2D eigenvalue weighted by Crippen LogP contribution is 2.56. The zero-order chi connectivity index (χ0) is 18.5. The Bertz CT molecular complexity index is 699. The third-order valence-electron chi connectivity index (χ3n) is 5.28. The largest absolute Gasteiger partial charge is 0.493 e. The lowest BCUT2D eigenvalue weighted by Crippen LogP contribution is -2.66. The van der Waals surface area contributed by atoms with Crippen LogP contribution in [0, 0.1) is 17.8 Å². The van der Waals surface area contributed by atoms with Crippen LogP contribution in [0.4, 0.5) is 0 Å². The molecule has 0 spiro atoms. The van der Waals surface area contributed by atoms with Crippen LogP contribution >= 0.6 is 0 Å². The second-order valence-corrected chi connectivity index (χ2v) is 6.13. The van der Waals surface area contributed by atoms with Crippen LogP contribution < -0.4 is 0 Å². The summed E-state index contributed by atoms with van der Waals surface area (Å²) >= 11 is 0. The molecule has 1 heterocycles. The minimum absolute atomic E-state index is 0.183. The van der Waals surface area contributed by atoms with Crippen LogP contribution in [-0.2, 0) is 38.1 Å². The summed E-state index contributed by atoms with van der Waals surface area (Å²) < 4.78 is 26.4. The summed E-state index contributed by atoms with van der Waals surface area (Å²) in [6, 6.07) is 0. The van der Waals surface area contributed by atoms with E-state index in [0.717, 1.165) is 0 Å². The first kappa shape index (κ1) is 17.6.